The van der Waals surface area contributed by atoms with E-state index in [0.717, 1.165) is 5.75 Å². The van der Waals surface area contributed by atoms with Crippen molar-refractivity contribution in [1.82, 2.24) is 5.32 Å². The van der Waals surface area contributed by atoms with Crippen LogP contribution in [0.2, 0.25) is 0 Å². The second-order valence-electron chi connectivity index (χ2n) is 5.58. The minimum Gasteiger partial charge on any atom is -0.491 e. The molecule has 1 aromatic carbocycles. The molecule has 0 amide bonds. The molecule has 0 radical (unpaired) electrons. The van der Waals surface area contributed by atoms with E-state index in [2.05, 4.69) is 5.32 Å². The predicted octanol–water partition coefficient (Wildman–Crippen LogP) is 1.43. The molecule has 21 heavy (non-hydrogen) atoms. The number of nitrogens with one attached hydrogen (secondary N) is 1. The lowest BCUT2D eigenvalue weighted by atomic mass is 10.0. The van der Waals surface area contributed by atoms with Crippen molar-refractivity contribution in [3.63, 3.8) is 0 Å². The van der Waals surface area contributed by atoms with E-state index < -0.39 is 9.84 Å². The highest BCUT2D eigenvalue weighted by molar-refractivity contribution is 7.91. The summed E-state index contributed by atoms with van der Waals surface area (Å²) in [6.07, 6.45) is 0.284. The van der Waals surface area contributed by atoms with E-state index in [9.17, 15) is 13.2 Å². The fraction of sp³-hybridized carbons (Fsp3) is 0.533. The van der Waals surface area contributed by atoms with Crippen LogP contribution < -0.4 is 10.1 Å². The first kappa shape index (κ1) is 16.0. The van der Waals surface area contributed by atoms with Crippen LogP contribution in [0.15, 0.2) is 24.3 Å². The molecule has 0 spiro atoms. The summed E-state index contributed by atoms with van der Waals surface area (Å²) >= 11 is 0. The first-order valence-corrected chi connectivity index (χ1v) is 8.91. The number of ketones is 1. The van der Waals surface area contributed by atoms with Crippen molar-refractivity contribution in [3.05, 3.63) is 29.8 Å². The molecule has 0 aromatic heterocycles. The maximum absolute atomic E-state index is 12.2. The van der Waals surface area contributed by atoms with Gasteiger partial charge in [0, 0.05) is 24.6 Å². The quantitative estimate of drug-likeness (QED) is 0.833. The van der Waals surface area contributed by atoms with Crippen LogP contribution in [-0.4, -0.2) is 44.4 Å². The van der Waals surface area contributed by atoms with Crippen LogP contribution in [0.4, 0.5) is 0 Å². The summed E-state index contributed by atoms with van der Waals surface area (Å²) < 4.78 is 28.6. The SMILES string of the molecule is CC(C)Oc1ccc(C(=O)CC2CS(=O)(=O)CCN2)cc1. The van der Waals surface area contributed by atoms with Gasteiger partial charge in [-0.1, -0.05) is 0 Å². The summed E-state index contributed by atoms with van der Waals surface area (Å²) in [5, 5.41) is 3.09. The van der Waals surface area contributed by atoms with Gasteiger partial charge in [0.1, 0.15) is 5.75 Å². The van der Waals surface area contributed by atoms with Gasteiger partial charge < -0.3 is 10.1 Å². The number of carbonyl (C=O) groups excluding carboxylic acids is 1. The molecule has 1 N–H and O–H groups in total. The van der Waals surface area contributed by atoms with Crippen LogP contribution in [0, 0.1) is 0 Å². The molecule has 5 nitrogen and oxygen atoms in total. The molecule has 0 saturated carbocycles. The number of Topliss-reactive ketones (excluding diaryl/α,β-unsaturated/α-hetero) is 1. The fourth-order valence-corrected chi connectivity index (χ4v) is 3.78. The number of hydrogen-bond acceptors (Lipinski definition) is 5. The van der Waals surface area contributed by atoms with Gasteiger partial charge in [-0.3, -0.25) is 4.79 Å². The van der Waals surface area contributed by atoms with E-state index in [1.54, 1.807) is 24.3 Å². The molecule has 1 fully saturated rings. The number of benzene rings is 1. The van der Waals surface area contributed by atoms with Gasteiger partial charge in [-0.25, -0.2) is 8.42 Å². The van der Waals surface area contributed by atoms with Gasteiger partial charge in [0.05, 0.1) is 17.6 Å². The van der Waals surface area contributed by atoms with Crippen LogP contribution in [0.25, 0.3) is 0 Å². The lowest BCUT2D eigenvalue weighted by molar-refractivity contribution is 0.0972. The van der Waals surface area contributed by atoms with Gasteiger partial charge in [0.2, 0.25) is 0 Å². The predicted molar refractivity (Wildman–Crippen MR) is 81.6 cm³/mol. The topological polar surface area (TPSA) is 72.5 Å². The standard InChI is InChI=1S/C15H21NO4S/c1-11(2)20-14-5-3-12(4-6-14)15(17)9-13-10-21(18,19)8-7-16-13/h3-6,11,13,16H,7-10H2,1-2H3. The zero-order valence-electron chi connectivity index (χ0n) is 12.3. The summed E-state index contributed by atoms with van der Waals surface area (Å²) in [7, 11) is -3.01. The Labute approximate surface area is 125 Å². The first-order chi connectivity index (χ1) is 9.85. The smallest absolute Gasteiger partial charge is 0.164 e. The average molecular weight is 311 g/mol. The Morgan fingerprint density at radius 1 is 1.33 bits per heavy atom. The molecule has 1 aliphatic rings. The Hall–Kier alpha value is -1.40. The largest absolute Gasteiger partial charge is 0.491 e. The van der Waals surface area contributed by atoms with E-state index in [4.69, 9.17) is 4.74 Å². The Balaban J connectivity index is 1.97. The lowest BCUT2D eigenvalue weighted by Gasteiger charge is -2.23. The van der Waals surface area contributed by atoms with Gasteiger partial charge in [-0.2, -0.15) is 0 Å². The molecule has 1 aliphatic heterocycles. The number of hydrogen-bond donors (Lipinski definition) is 1. The molecule has 116 valence electrons. The third kappa shape index (κ3) is 4.82. The molecule has 6 heteroatoms. The zero-order valence-corrected chi connectivity index (χ0v) is 13.2. The second-order valence-corrected chi connectivity index (χ2v) is 7.81. The van der Waals surface area contributed by atoms with Gasteiger partial charge >= 0.3 is 0 Å². The molecule has 1 aromatic rings. The Bertz CT molecular complexity index is 593. The van der Waals surface area contributed by atoms with Crippen molar-refractivity contribution < 1.29 is 17.9 Å². The Morgan fingerprint density at radius 2 is 2.00 bits per heavy atom. The van der Waals surface area contributed by atoms with E-state index in [1.165, 1.54) is 0 Å². The number of ether oxygens (including phenoxy) is 1. The molecule has 1 atom stereocenters. The minimum atomic E-state index is -3.01. The summed E-state index contributed by atoms with van der Waals surface area (Å²) in [4.78, 5) is 12.2. The summed E-state index contributed by atoms with van der Waals surface area (Å²) in [5.74, 6) is 0.854. The van der Waals surface area contributed by atoms with Crippen LogP contribution in [0.5, 0.6) is 5.75 Å². The molecule has 0 aliphatic carbocycles. The average Bonchev–Trinajstić information content (AvgIpc) is 2.37. The lowest BCUT2D eigenvalue weighted by Crippen LogP contribution is -2.45. The highest BCUT2D eigenvalue weighted by Crippen LogP contribution is 2.16. The van der Waals surface area contributed by atoms with Crippen molar-refractivity contribution in [2.24, 2.45) is 0 Å². The third-order valence-corrected chi connectivity index (χ3v) is 5.02. The number of carbonyl (C=O) groups is 1. The van der Waals surface area contributed by atoms with Crippen molar-refractivity contribution in [3.8, 4) is 5.75 Å². The molecular weight excluding hydrogens is 290 g/mol. The maximum atomic E-state index is 12.2. The fourth-order valence-electron chi connectivity index (χ4n) is 2.33. The van der Waals surface area contributed by atoms with Gasteiger partial charge in [0.25, 0.3) is 0 Å². The maximum Gasteiger partial charge on any atom is 0.164 e. The van der Waals surface area contributed by atoms with Crippen molar-refractivity contribution in [2.45, 2.75) is 32.4 Å². The number of rotatable bonds is 5. The van der Waals surface area contributed by atoms with E-state index in [0.29, 0.717) is 12.1 Å². The Morgan fingerprint density at radius 3 is 2.57 bits per heavy atom. The van der Waals surface area contributed by atoms with Gasteiger partial charge in [-0.15, -0.1) is 0 Å². The van der Waals surface area contributed by atoms with Crippen molar-refractivity contribution >= 4 is 15.6 Å². The van der Waals surface area contributed by atoms with Crippen LogP contribution >= 0.6 is 0 Å². The molecule has 0 bridgehead atoms. The monoisotopic (exact) mass is 311 g/mol. The second kappa shape index (κ2) is 6.58. The van der Waals surface area contributed by atoms with E-state index in [-0.39, 0.29) is 35.9 Å². The summed E-state index contributed by atoms with van der Waals surface area (Å²) in [5.41, 5.74) is 0.580. The Kier molecular flexibility index (Phi) is 5.00. The van der Waals surface area contributed by atoms with Gasteiger partial charge in [-0.05, 0) is 38.1 Å². The molecule has 1 unspecified atom stereocenters. The zero-order chi connectivity index (χ0) is 15.5. The number of sulfone groups is 1. The molecule has 2 rings (SSSR count). The third-order valence-electron chi connectivity index (χ3n) is 3.28. The molecular formula is C15H21NO4S. The van der Waals surface area contributed by atoms with Crippen molar-refractivity contribution in [1.29, 1.82) is 0 Å². The van der Waals surface area contributed by atoms with Crippen LogP contribution in [-0.2, 0) is 9.84 Å². The first-order valence-electron chi connectivity index (χ1n) is 7.09. The summed E-state index contributed by atoms with van der Waals surface area (Å²) in [6.45, 7) is 4.30. The highest BCUT2D eigenvalue weighted by Gasteiger charge is 2.26. The molecule has 1 heterocycles. The van der Waals surface area contributed by atoms with E-state index in [1.807, 2.05) is 13.8 Å². The van der Waals surface area contributed by atoms with Gasteiger partial charge in [0.15, 0.2) is 15.6 Å². The minimum absolute atomic E-state index is 0.0350. The summed E-state index contributed by atoms with van der Waals surface area (Å²) in [6, 6.07) is 6.67. The molecule has 1 saturated heterocycles. The van der Waals surface area contributed by atoms with Crippen LogP contribution in [0.1, 0.15) is 30.6 Å². The normalized spacial score (nSPS) is 21.2. The highest BCUT2D eigenvalue weighted by atomic mass is 32.2. The van der Waals surface area contributed by atoms with Crippen LogP contribution in [0.3, 0.4) is 0 Å². The van der Waals surface area contributed by atoms with Crippen molar-refractivity contribution in [2.75, 3.05) is 18.1 Å². The van der Waals surface area contributed by atoms with E-state index >= 15 is 0 Å².